The maximum atomic E-state index is 14.0. The van der Waals surface area contributed by atoms with Crippen molar-refractivity contribution in [1.29, 1.82) is 0 Å². The summed E-state index contributed by atoms with van der Waals surface area (Å²) in [5.74, 6) is -1.18. The number of rotatable bonds is 5. The lowest BCUT2D eigenvalue weighted by molar-refractivity contribution is -0.0326. The number of hydrogen-bond acceptors (Lipinski definition) is 5. The Balaban J connectivity index is 1.59. The largest absolute Gasteiger partial charge is 0.459 e. The molecule has 0 aliphatic carbocycles. The average Bonchev–Trinajstić information content (AvgIpc) is 3.01. The predicted molar refractivity (Wildman–Crippen MR) is 87.0 cm³/mol. The molecule has 3 rings (SSSR count). The monoisotopic (exact) mass is 344 g/mol. The van der Waals surface area contributed by atoms with Gasteiger partial charge in [-0.1, -0.05) is 36.4 Å². The fraction of sp³-hybridized carbons (Fsp3) is 0.263. The molecule has 6 heteroatoms. The summed E-state index contributed by atoms with van der Waals surface area (Å²) < 4.78 is 29.7. The van der Waals surface area contributed by atoms with Gasteiger partial charge in [0.15, 0.2) is 12.3 Å². The summed E-state index contributed by atoms with van der Waals surface area (Å²) in [6.07, 6.45) is -3.42. The van der Waals surface area contributed by atoms with Crippen molar-refractivity contribution in [2.24, 2.45) is 0 Å². The minimum Gasteiger partial charge on any atom is -0.459 e. The molecule has 2 aromatic rings. The smallest absolute Gasteiger partial charge is 0.338 e. The van der Waals surface area contributed by atoms with E-state index >= 15 is 0 Å². The average molecular weight is 344 g/mol. The molecule has 2 unspecified atom stereocenters. The van der Waals surface area contributed by atoms with Gasteiger partial charge in [-0.25, -0.2) is 14.0 Å². The lowest BCUT2D eigenvalue weighted by Crippen LogP contribution is -2.36. The van der Waals surface area contributed by atoms with E-state index in [9.17, 15) is 14.0 Å². The third kappa shape index (κ3) is 4.22. The summed E-state index contributed by atoms with van der Waals surface area (Å²) in [7, 11) is 0. The SMILES string of the molecule is O=C(OC[C@H]1OCC(F)C1OC(=O)c1ccccc1)c1ccccc1. The van der Waals surface area contributed by atoms with Crippen LogP contribution in [0.2, 0.25) is 0 Å². The van der Waals surface area contributed by atoms with E-state index in [0.717, 1.165) is 0 Å². The summed E-state index contributed by atoms with van der Waals surface area (Å²) in [6, 6.07) is 16.7. The minimum atomic E-state index is -1.46. The molecule has 1 aliphatic heterocycles. The van der Waals surface area contributed by atoms with Gasteiger partial charge in [0.1, 0.15) is 12.7 Å². The fourth-order valence-corrected chi connectivity index (χ4v) is 2.51. The van der Waals surface area contributed by atoms with E-state index in [-0.39, 0.29) is 13.2 Å². The zero-order valence-corrected chi connectivity index (χ0v) is 13.3. The van der Waals surface area contributed by atoms with E-state index in [1.54, 1.807) is 60.7 Å². The molecular weight excluding hydrogens is 327 g/mol. The van der Waals surface area contributed by atoms with Crippen molar-refractivity contribution in [3.63, 3.8) is 0 Å². The van der Waals surface area contributed by atoms with E-state index in [4.69, 9.17) is 14.2 Å². The molecule has 1 fully saturated rings. The first-order valence-electron chi connectivity index (χ1n) is 7.89. The normalized spacial score (nSPS) is 22.4. The van der Waals surface area contributed by atoms with Crippen LogP contribution in [0.3, 0.4) is 0 Å². The highest BCUT2D eigenvalue weighted by Crippen LogP contribution is 2.22. The first-order valence-corrected chi connectivity index (χ1v) is 7.89. The highest BCUT2D eigenvalue weighted by molar-refractivity contribution is 5.90. The highest BCUT2D eigenvalue weighted by Gasteiger charge is 2.41. The predicted octanol–water partition coefficient (Wildman–Crippen LogP) is 2.81. The number of esters is 2. The fourth-order valence-electron chi connectivity index (χ4n) is 2.51. The zero-order valence-electron chi connectivity index (χ0n) is 13.3. The van der Waals surface area contributed by atoms with Crippen LogP contribution in [0.25, 0.3) is 0 Å². The third-order valence-corrected chi connectivity index (χ3v) is 3.83. The Labute approximate surface area is 144 Å². The van der Waals surface area contributed by atoms with Gasteiger partial charge in [-0.3, -0.25) is 0 Å². The van der Waals surface area contributed by atoms with Crippen LogP contribution in [0.15, 0.2) is 60.7 Å². The molecule has 0 N–H and O–H groups in total. The Morgan fingerprint density at radius 2 is 1.52 bits per heavy atom. The molecule has 0 amide bonds. The van der Waals surface area contributed by atoms with Crippen molar-refractivity contribution in [3.05, 3.63) is 71.8 Å². The number of alkyl halides is 1. The maximum Gasteiger partial charge on any atom is 0.338 e. The number of hydrogen-bond donors (Lipinski definition) is 0. The van der Waals surface area contributed by atoms with Gasteiger partial charge >= 0.3 is 11.9 Å². The van der Waals surface area contributed by atoms with Crippen molar-refractivity contribution in [2.45, 2.75) is 18.4 Å². The van der Waals surface area contributed by atoms with Gasteiger partial charge in [0.05, 0.1) is 17.7 Å². The molecule has 5 nitrogen and oxygen atoms in total. The summed E-state index contributed by atoms with van der Waals surface area (Å²) in [5.41, 5.74) is 0.705. The molecule has 0 radical (unpaired) electrons. The zero-order chi connectivity index (χ0) is 17.6. The number of halogens is 1. The highest BCUT2D eigenvalue weighted by atomic mass is 19.1. The Kier molecular flexibility index (Phi) is 5.40. The van der Waals surface area contributed by atoms with Crippen molar-refractivity contribution >= 4 is 11.9 Å². The Morgan fingerprint density at radius 3 is 2.12 bits per heavy atom. The molecule has 0 bridgehead atoms. The molecule has 0 saturated carbocycles. The third-order valence-electron chi connectivity index (χ3n) is 3.83. The Bertz CT molecular complexity index is 719. The van der Waals surface area contributed by atoms with Gasteiger partial charge in [0.2, 0.25) is 0 Å². The Morgan fingerprint density at radius 1 is 0.960 bits per heavy atom. The lowest BCUT2D eigenvalue weighted by atomic mass is 10.1. The summed E-state index contributed by atoms with van der Waals surface area (Å²) in [5, 5.41) is 0. The number of carbonyl (C=O) groups is 2. The topological polar surface area (TPSA) is 61.8 Å². The first kappa shape index (κ1) is 17.1. The first-order chi connectivity index (χ1) is 12.1. The number of carbonyl (C=O) groups excluding carboxylic acids is 2. The molecule has 1 saturated heterocycles. The van der Waals surface area contributed by atoms with E-state index in [1.807, 2.05) is 0 Å². The van der Waals surface area contributed by atoms with Crippen LogP contribution in [0.4, 0.5) is 4.39 Å². The molecule has 1 aliphatic rings. The van der Waals surface area contributed by atoms with Crippen molar-refractivity contribution in [2.75, 3.05) is 13.2 Å². The van der Waals surface area contributed by atoms with Crippen molar-refractivity contribution in [1.82, 2.24) is 0 Å². The number of ether oxygens (including phenoxy) is 3. The van der Waals surface area contributed by atoms with E-state index in [2.05, 4.69) is 0 Å². The summed E-state index contributed by atoms with van der Waals surface area (Å²) >= 11 is 0. The van der Waals surface area contributed by atoms with Crippen LogP contribution in [-0.2, 0) is 14.2 Å². The van der Waals surface area contributed by atoms with E-state index in [0.29, 0.717) is 11.1 Å². The van der Waals surface area contributed by atoms with Gasteiger partial charge in [0.25, 0.3) is 0 Å². The van der Waals surface area contributed by atoms with Gasteiger partial charge < -0.3 is 14.2 Å². The van der Waals surface area contributed by atoms with Crippen LogP contribution >= 0.6 is 0 Å². The molecule has 25 heavy (non-hydrogen) atoms. The van der Waals surface area contributed by atoms with Crippen LogP contribution in [-0.4, -0.2) is 43.5 Å². The van der Waals surface area contributed by atoms with Crippen molar-refractivity contribution < 1.29 is 28.2 Å². The molecule has 2 aromatic carbocycles. The minimum absolute atomic E-state index is 0.194. The van der Waals surface area contributed by atoms with Gasteiger partial charge in [-0.2, -0.15) is 0 Å². The van der Waals surface area contributed by atoms with Gasteiger partial charge in [-0.15, -0.1) is 0 Å². The second-order valence-corrected chi connectivity index (χ2v) is 5.59. The van der Waals surface area contributed by atoms with Crippen LogP contribution < -0.4 is 0 Å². The number of benzene rings is 2. The maximum absolute atomic E-state index is 14.0. The molecular formula is C19H17FO5. The lowest BCUT2D eigenvalue weighted by Gasteiger charge is -2.20. The quantitative estimate of drug-likeness (QED) is 0.781. The van der Waals surface area contributed by atoms with Crippen LogP contribution in [0.5, 0.6) is 0 Å². The standard InChI is InChI=1S/C19H17FO5/c20-15-11-23-16(12-24-18(21)13-7-3-1-4-8-13)17(15)25-19(22)14-9-5-2-6-10-14/h1-10,15-17H,11-12H2/t15?,16-,17?/m1/s1. The van der Waals surface area contributed by atoms with Gasteiger partial charge in [0, 0.05) is 0 Å². The van der Waals surface area contributed by atoms with E-state index in [1.165, 1.54) is 0 Å². The van der Waals surface area contributed by atoms with E-state index < -0.39 is 30.3 Å². The summed E-state index contributed by atoms with van der Waals surface area (Å²) in [6.45, 7) is -0.402. The molecule has 0 aromatic heterocycles. The van der Waals surface area contributed by atoms with Crippen molar-refractivity contribution in [3.8, 4) is 0 Å². The van der Waals surface area contributed by atoms with Crippen LogP contribution in [0, 0.1) is 0 Å². The van der Waals surface area contributed by atoms with Crippen LogP contribution in [0.1, 0.15) is 20.7 Å². The molecule has 130 valence electrons. The second kappa shape index (κ2) is 7.90. The Hall–Kier alpha value is -2.73. The molecule has 0 spiro atoms. The second-order valence-electron chi connectivity index (χ2n) is 5.59. The molecule has 1 heterocycles. The molecule has 3 atom stereocenters. The summed E-state index contributed by atoms with van der Waals surface area (Å²) in [4.78, 5) is 24.1. The van der Waals surface area contributed by atoms with Gasteiger partial charge in [-0.05, 0) is 24.3 Å².